The van der Waals surface area contributed by atoms with E-state index in [1.165, 1.54) is 6.42 Å². The fourth-order valence-corrected chi connectivity index (χ4v) is 5.68. The lowest BCUT2D eigenvalue weighted by Gasteiger charge is -2.46. The molecule has 5 rings (SSSR count). The Hall–Kier alpha value is -3.02. The lowest BCUT2D eigenvalue weighted by molar-refractivity contribution is -0.128. The van der Waals surface area contributed by atoms with Crippen LogP contribution in [0.3, 0.4) is 0 Å². The SMILES string of the molecule is Cc1cccc(N2C(=O)c3cc4occc4n3C[C@]2(C)C(=O)N[C@@H]2CCC[C@@H](C)[C@H]2C)c1C. The quantitative estimate of drug-likeness (QED) is 0.599. The molecule has 0 unspecified atom stereocenters. The highest BCUT2D eigenvalue weighted by Crippen LogP contribution is 2.39. The molecule has 6 heteroatoms. The van der Waals surface area contributed by atoms with E-state index in [-0.39, 0.29) is 17.9 Å². The van der Waals surface area contributed by atoms with Crippen LogP contribution in [0.1, 0.15) is 61.6 Å². The smallest absolute Gasteiger partial charge is 0.276 e. The number of aromatic nitrogens is 1. The zero-order valence-corrected chi connectivity index (χ0v) is 20.1. The summed E-state index contributed by atoms with van der Waals surface area (Å²) in [7, 11) is 0. The maximum atomic E-state index is 14.0. The van der Waals surface area contributed by atoms with Crippen molar-refractivity contribution >= 4 is 28.6 Å². The molecule has 1 aliphatic carbocycles. The fraction of sp³-hybridized carbons (Fsp3) is 0.481. The summed E-state index contributed by atoms with van der Waals surface area (Å²) < 4.78 is 7.53. The van der Waals surface area contributed by atoms with Crippen molar-refractivity contribution in [3.05, 3.63) is 53.4 Å². The van der Waals surface area contributed by atoms with Gasteiger partial charge in [0.05, 0.1) is 18.3 Å². The lowest BCUT2D eigenvalue weighted by Crippen LogP contribution is -2.66. The summed E-state index contributed by atoms with van der Waals surface area (Å²) in [6.07, 6.45) is 4.92. The second-order valence-electron chi connectivity index (χ2n) is 10.3. The van der Waals surface area contributed by atoms with Crippen molar-refractivity contribution in [2.75, 3.05) is 4.90 Å². The molecule has 6 nitrogen and oxygen atoms in total. The van der Waals surface area contributed by atoms with E-state index < -0.39 is 5.54 Å². The van der Waals surface area contributed by atoms with Gasteiger partial charge in [0.2, 0.25) is 5.91 Å². The maximum Gasteiger partial charge on any atom is 0.276 e. The number of amides is 2. The van der Waals surface area contributed by atoms with E-state index >= 15 is 0 Å². The molecule has 1 fully saturated rings. The molecule has 2 aromatic heterocycles. The van der Waals surface area contributed by atoms with E-state index in [9.17, 15) is 9.59 Å². The summed E-state index contributed by atoms with van der Waals surface area (Å²) in [6, 6.07) is 9.70. The number of fused-ring (bicyclic) bond motifs is 3. The van der Waals surface area contributed by atoms with Gasteiger partial charge in [-0.3, -0.25) is 14.5 Å². The van der Waals surface area contributed by atoms with Crippen LogP contribution >= 0.6 is 0 Å². The van der Waals surface area contributed by atoms with Gasteiger partial charge in [-0.1, -0.05) is 38.8 Å². The van der Waals surface area contributed by atoms with Gasteiger partial charge in [0, 0.05) is 23.9 Å². The molecule has 0 bridgehead atoms. The summed E-state index contributed by atoms with van der Waals surface area (Å²) in [5.41, 5.74) is 3.87. The fourth-order valence-electron chi connectivity index (χ4n) is 5.68. The van der Waals surface area contributed by atoms with Crippen molar-refractivity contribution in [3.8, 4) is 0 Å². The first kappa shape index (κ1) is 21.8. The van der Waals surface area contributed by atoms with Crippen LogP contribution < -0.4 is 10.2 Å². The molecule has 1 aromatic carbocycles. The molecule has 0 saturated heterocycles. The minimum atomic E-state index is -1.08. The van der Waals surface area contributed by atoms with Crippen molar-refractivity contribution in [2.24, 2.45) is 11.8 Å². The van der Waals surface area contributed by atoms with Gasteiger partial charge >= 0.3 is 0 Å². The van der Waals surface area contributed by atoms with Crippen LogP contribution in [0, 0.1) is 25.7 Å². The molecule has 2 amide bonds. The maximum absolute atomic E-state index is 14.0. The molecule has 1 N–H and O–H groups in total. The first-order valence-electron chi connectivity index (χ1n) is 12.0. The number of aryl methyl sites for hydroxylation is 1. The molecule has 174 valence electrons. The second kappa shape index (κ2) is 7.79. The van der Waals surface area contributed by atoms with Gasteiger partial charge in [0.1, 0.15) is 11.2 Å². The molecule has 33 heavy (non-hydrogen) atoms. The number of carbonyl (C=O) groups is 2. The first-order chi connectivity index (χ1) is 15.7. The number of carbonyl (C=O) groups excluding carboxylic acids is 2. The van der Waals surface area contributed by atoms with Crippen LogP contribution in [-0.4, -0.2) is 28.0 Å². The highest BCUT2D eigenvalue weighted by Gasteiger charge is 2.50. The lowest BCUT2D eigenvalue weighted by atomic mass is 9.77. The standard InChI is InChI=1S/C27H33N3O3/c1-16-8-6-10-20(18(16)3)28-26(32)27(5)15-29-22-12-13-33-24(22)14-23(29)25(31)30(27)21-11-7-9-17(2)19(21)4/h7,9,11-14,16,18,20H,6,8,10,15H2,1-5H3,(H,28,32)/t16-,18-,20-,27-/m1/s1. The molecule has 1 aliphatic heterocycles. The summed E-state index contributed by atoms with van der Waals surface area (Å²) in [5.74, 6) is 0.701. The Morgan fingerprint density at radius 2 is 1.97 bits per heavy atom. The van der Waals surface area contributed by atoms with Gasteiger partial charge in [0.15, 0.2) is 5.58 Å². The minimum Gasteiger partial charge on any atom is -0.463 e. The second-order valence-corrected chi connectivity index (χ2v) is 10.3. The number of nitrogens with one attached hydrogen (secondary N) is 1. The number of hydrogen-bond acceptors (Lipinski definition) is 3. The Morgan fingerprint density at radius 3 is 2.76 bits per heavy atom. The number of nitrogens with zero attached hydrogens (tertiary/aromatic N) is 2. The Morgan fingerprint density at radius 1 is 1.18 bits per heavy atom. The molecule has 2 aliphatic rings. The predicted molar refractivity (Wildman–Crippen MR) is 129 cm³/mol. The number of hydrogen-bond donors (Lipinski definition) is 1. The zero-order valence-electron chi connectivity index (χ0n) is 20.1. The summed E-state index contributed by atoms with van der Waals surface area (Å²) in [6.45, 7) is 10.8. The van der Waals surface area contributed by atoms with E-state index in [1.807, 2.05) is 49.6 Å². The Kier molecular flexibility index (Phi) is 5.15. The summed E-state index contributed by atoms with van der Waals surface area (Å²) >= 11 is 0. The summed E-state index contributed by atoms with van der Waals surface area (Å²) in [4.78, 5) is 29.7. The molecule has 0 spiro atoms. The van der Waals surface area contributed by atoms with E-state index in [1.54, 1.807) is 17.2 Å². The van der Waals surface area contributed by atoms with Crippen molar-refractivity contribution in [3.63, 3.8) is 0 Å². The average molecular weight is 448 g/mol. The van der Waals surface area contributed by atoms with Gasteiger partial charge in [-0.25, -0.2) is 0 Å². The molecule has 0 radical (unpaired) electrons. The van der Waals surface area contributed by atoms with Crippen LogP contribution in [-0.2, 0) is 11.3 Å². The number of anilines is 1. The van der Waals surface area contributed by atoms with Gasteiger partial charge in [-0.15, -0.1) is 0 Å². The number of furan rings is 1. The monoisotopic (exact) mass is 447 g/mol. The van der Waals surface area contributed by atoms with Crippen LogP contribution in [0.25, 0.3) is 11.1 Å². The van der Waals surface area contributed by atoms with Gasteiger partial charge < -0.3 is 14.3 Å². The van der Waals surface area contributed by atoms with Crippen LogP contribution in [0.4, 0.5) is 5.69 Å². The largest absolute Gasteiger partial charge is 0.463 e. The van der Waals surface area contributed by atoms with Crippen molar-refractivity contribution in [2.45, 2.75) is 72.0 Å². The molecule has 3 heterocycles. The summed E-state index contributed by atoms with van der Waals surface area (Å²) in [5, 5.41) is 3.36. The molecular weight excluding hydrogens is 414 g/mol. The molecule has 4 atom stereocenters. The topological polar surface area (TPSA) is 67.5 Å². The normalized spacial score (nSPS) is 27.6. The third kappa shape index (κ3) is 3.30. The van der Waals surface area contributed by atoms with E-state index in [0.717, 1.165) is 35.2 Å². The van der Waals surface area contributed by atoms with E-state index in [2.05, 4.69) is 19.2 Å². The third-order valence-electron chi connectivity index (χ3n) is 8.23. The molecular formula is C27H33N3O3. The number of benzene rings is 1. The molecule has 3 aromatic rings. The van der Waals surface area contributed by atoms with Crippen LogP contribution in [0.15, 0.2) is 41.0 Å². The van der Waals surface area contributed by atoms with Gasteiger partial charge in [0.25, 0.3) is 5.91 Å². The highest BCUT2D eigenvalue weighted by atomic mass is 16.3. The van der Waals surface area contributed by atoms with Crippen LogP contribution in [0.5, 0.6) is 0 Å². The Balaban J connectivity index is 1.61. The van der Waals surface area contributed by atoms with Crippen LogP contribution in [0.2, 0.25) is 0 Å². The minimum absolute atomic E-state index is 0.0984. The van der Waals surface area contributed by atoms with Crippen molar-refractivity contribution in [1.29, 1.82) is 0 Å². The van der Waals surface area contributed by atoms with Crippen molar-refractivity contribution in [1.82, 2.24) is 9.88 Å². The highest BCUT2D eigenvalue weighted by molar-refractivity contribution is 6.14. The van der Waals surface area contributed by atoms with Gasteiger partial charge in [-0.2, -0.15) is 0 Å². The molecule has 1 saturated carbocycles. The Bertz CT molecular complexity index is 1240. The van der Waals surface area contributed by atoms with Gasteiger partial charge in [-0.05, 0) is 56.2 Å². The predicted octanol–water partition coefficient (Wildman–Crippen LogP) is 5.21. The van der Waals surface area contributed by atoms with E-state index in [4.69, 9.17) is 4.42 Å². The van der Waals surface area contributed by atoms with Crippen molar-refractivity contribution < 1.29 is 14.0 Å². The van der Waals surface area contributed by atoms with E-state index in [0.29, 0.717) is 29.7 Å². The zero-order chi connectivity index (χ0) is 23.5. The average Bonchev–Trinajstić information content (AvgIpc) is 3.37. The first-order valence-corrected chi connectivity index (χ1v) is 12.0. The number of rotatable bonds is 3. The Labute approximate surface area is 194 Å². The third-order valence-corrected chi connectivity index (χ3v) is 8.23.